The van der Waals surface area contributed by atoms with E-state index >= 15 is 0 Å². The van der Waals surface area contributed by atoms with Gasteiger partial charge < -0.3 is 25.3 Å². The summed E-state index contributed by atoms with van der Waals surface area (Å²) in [4.78, 5) is 21.8. The summed E-state index contributed by atoms with van der Waals surface area (Å²) in [6.07, 6.45) is 0.671. The van der Waals surface area contributed by atoms with Crippen LogP contribution in [0.5, 0.6) is 5.75 Å². The molecule has 1 saturated heterocycles. The number of rotatable bonds is 4. The van der Waals surface area contributed by atoms with Crippen molar-refractivity contribution in [2.45, 2.75) is 19.4 Å². The highest BCUT2D eigenvalue weighted by Gasteiger charge is 2.19. The molecule has 0 bridgehead atoms. The minimum absolute atomic E-state index is 0.00358. The number of methoxy groups -OCH3 is 1. The van der Waals surface area contributed by atoms with E-state index in [0.717, 1.165) is 42.2 Å². The molecule has 1 aromatic carbocycles. The molecule has 0 unspecified atom stereocenters. The van der Waals surface area contributed by atoms with Crippen LogP contribution in [0.15, 0.2) is 18.2 Å². The standard InChI is InChI=1S/C16H23N5O2/c1-11-10-21(8-7-17-11)16(22)18-6-5-15-19-13-4-3-12(23-2)9-14(13)20-15/h3-4,9,11,17H,5-8,10H2,1-2H3,(H,18,22)(H,19,20)/t11-/m1/s1. The van der Waals surface area contributed by atoms with Crippen molar-refractivity contribution in [1.82, 2.24) is 25.5 Å². The van der Waals surface area contributed by atoms with Crippen LogP contribution in [0, 0.1) is 0 Å². The Morgan fingerprint density at radius 2 is 2.39 bits per heavy atom. The van der Waals surface area contributed by atoms with Crippen LogP contribution in [0.3, 0.4) is 0 Å². The lowest BCUT2D eigenvalue weighted by Gasteiger charge is -2.31. The summed E-state index contributed by atoms with van der Waals surface area (Å²) in [6.45, 7) is 4.99. The minimum Gasteiger partial charge on any atom is -0.497 e. The number of H-pyrrole nitrogens is 1. The van der Waals surface area contributed by atoms with Gasteiger partial charge in [0.1, 0.15) is 11.6 Å². The molecule has 2 amide bonds. The Labute approximate surface area is 135 Å². The number of hydrogen-bond donors (Lipinski definition) is 3. The molecule has 2 heterocycles. The SMILES string of the molecule is COc1ccc2nc(CCNC(=O)N3CCN[C@H](C)C3)[nH]c2c1. The van der Waals surface area contributed by atoms with Crippen molar-refractivity contribution < 1.29 is 9.53 Å². The Morgan fingerprint density at radius 3 is 3.17 bits per heavy atom. The number of benzene rings is 1. The molecule has 0 aliphatic carbocycles. The average Bonchev–Trinajstić information content (AvgIpc) is 2.96. The fourth-order valence-electron chi connectivity index (χ4n) is 2.80. The second-order valence-electron chi connectivity index (χ2n) is 5.85. The molecule has 7 heteroatoms. The van der Waals surface area contributed by atoms with Gasteiger partial charge in [0.25, 0.3) is 0 Å². The molecular weight excluding hydrogens is 294 g/mol. The maximum atomic E-state index is 12.1. The summed E-state index contributed by atoms with van der Waals surface area (Å²) < 4.78 is 5.20. The normalized spacial score (nSPS) is 18.2. The molecule has 0 radical (unpaired) electrons. The van der Waals surface area contributed by atoms with Gasteiger partial charge in [0.15, 0.2) is 0 Å². The number of nitrogens with zero attached hydrogens (tertiary/aromatic N) is 2. The molecule has 3 N–H and O–H groups in total. The van der Waals surface area contributed by atoms with Crippen molar-refractivity contribution in [3.63, 3.8) is 0 Å². The largest absolute Gasteiger partial charge is 0.497 e. The van der Waals surface area contributed by atoms with Crippen molar-refractivity contribution in [2.24, 2.45) is 0 Å². The number of imidazole rings is 1. The Bertz CT molecular complexity index is 684. The third kappa shape index (κ3) is 3.73. The van der Waals surface area contributed by atoms with Crippen molar-refractivity contribution in [1.29, 1.82) is 0 Å². The van der Waals surface area contributed by atoms with E-state index in [1.54, 1.807) is 7.11 Å². The Morgan fingerprint density at radius 1 is 1.52 bits per heavy atom. The zero-order valence-corrected chi connectivity index (χ0v) is 13.6. The lowest BCUT2D eigenvalue weighted by atomic mass is 10.2. The van der Waals surface area contributed by atoms with Gasteiger partial charge in [-0.3, -0.25) is 0 Å². The number of ether oxygens (including phenoxy) is 1. The van der Waals surface area contributed by atoms with E-state index in [9.17, 15) is 4.79 Å². The van der Waals surface area contributed by atoms with Crippen LogP contribution < -0.4 is 15.4 Å². The van der Waals surface area contributed by atoms with Gasteiger partial charge >= 0.3 is 6.03 Å². The number of nitrogens with one attached hydrogen (secondary N) is 3. The topological polar surface area (TPSA) is 82.3 Å². The molecule has 1 aliphatic heterocycles. The molecule has 3 rings (SSSR count). The van der Waals surface area contributed by atoms with E-state index in [0.29, 0.717) is 19.0 Å². The number of carbonyl (C=O) groups excluding carboxylic acids is 1. The van der Waals surface area contributed by atoms with Crippen molar-refractivity contribution in [2.75, 3.05) is 33.3 Å². The summed E-state index contributed by atoms with van der Waals surface area (Å²) in [5, 5.41) is 6.29. The Hall–Kier alpha value is -2.28. The van der Waals surface area contributed by atoms with Gasteiger partial charge in [-0.25, -0.2) is 9.78 Å². The highest BCUT2D eigenvalue weighted by atomic mass is 16.5. The zero-order valence-electron chi connectivity index (χ0n) is 13.6. The van der Waals surface area contributed by atoms with Gasteiger partial charge in [-0.05, 0) is 19.1 Å². The second-order valence-corrected chi connectivity index (χ2v) is 5.85. The van der Waals surface area contributed by atoms with Crippen molar-refractivity contribution in [3.05, 3.63) is 24.0 Å². The summed E-state index contributed by atoms with van der Waals surface area (Å²) in [6, 6.07) is 6.08. The van der Waals surface area contributed by atoms with E-state index in [4.69, 9.17) is 4.74 Å². The summed E-state index contributed by atoms with van der Waals surface area (Å²) in [7, 11) is 1.64. The lowest BCUT2D eigenvalue weighted by molar-refractivity contribution is 0.179. The van der Waals surface area contributed by atoms with Crippen LogP contribution in [0.25, 0.3) is 11.0 Å². The molecule has 2 aromatic rings. The first-order valence-corrected chi connectivity index (χ1v) is 7.94. The Kier molecular flexibility index (Phi) is 4.66. The number of aromatic amines is 1. The quantitative estimate of drug-likeness (QED) is 0.789. The molecule has 0 saturated carbocycles. The highest BCUT2D eigenvalue weighted by molar-refractivity contribution is 5.77. The van der Waals surface area contributed by atoms with Gasteiger partial charge in [-0.15, -0.1) is 0 Å². The van der Waals surface area contributed by atoms with Crippen molar-refractivity contribution in [3.8, 4) is 5.75 Å². The van der Waals surface area contributed by atoms with Gasteiger partial charge in [0, 0.05) is 44.7 Å². The third-order valence-electron chi connectivity index (χ3n) is 4.03. The maximum absolute atomic E-state index is 12.1. The van der Waals surface area contributed by atoms with E-state index in [1.807, 2.05) is 23.1 Å². The van der Waals surface area contributed by atoms with Crippen LogP contribution in [-0.2, 0) is 6.42 Å². The molecule has 1 atom stereocenters. The van der Waals surface area contributed by atoms with E-state index in [1.165, 1.54) is 0 Å². The maximum Gasteiger partial charge on any atom is 0.317 e. The first-order chi connectivity index (χ1) is 11.2. The highest BCUT2D eigenvalue weighted by Crippen LogP contribution is 2.18. The predicted octanol–water partition coefficient (Wildman–Crippen LogP) is 1.12. The van der Waals surface area contributed by atoms with Gasteiger partial charge in [0.05, 0.1) is 18.1 Å². The van der Waals surface area contributed by atoms with Crippen molar-refractivity contribution >= 4 is 17.1 Å². The van der Waals surface area contributed by atoms with Crippen LogP contribution in [0.2, 0.25) is 0 Å². The fourth-order valence-corrected chi connectivity index (χ4v) is 2.80. The van der Waals surface area contributed by atoms with Crippen LogP contribution >= 0.6 is 0 Å². The molecule has 1 aliphatic rings. The van der Waals surface area contributed by atoms with Gasteiger partial charge in [-0.1, -0.05) is 0 Å². The number of piperazine rings is 1. The van der Waals surface area contributed by atoms with Crippen LogP contribution in [0.1, 0.15) is 12.7 Å². The third-order valence-corrected chi connectivity index (χ3v) is 4.03. The zero-order chi connectivity index (χ0) is 16.2. The summed E-state index contributed by atoms with van der Waals surface area (Å²) in [5.74, 6) is 1.66. The minimum atomic E-state index is -0.00358. The predicted molar refractivity (Wildman–Crippen MR) is 88.8 cm³/mol. The summed E-state index contributed by atoms with van der Waals surface area (Å²) in [5.41, 5.74) is 1.85. The summed E-state index contributed by atoms with van der Waals surface area (Å²) >= 11 is 0. The van der Waals surface area contributed by atoms with Crippen LogP contribution in [0.4, 0.5) is 4.79 Å². The molecule has 23 heavy (non-hydrogen) atoms. The number of urea groups is 1. The van der Waals surface area contributed by atoms with Crippen LogP contribution in [-0.4, -0.2) is 60.2 Å². The number of amides is 2. The molecule has 7 nitrogen and oxygen atoms in total. The number of fused-ring (bicyclic) bond motifs is 1. The smallest absolute Gasteiger partial charge is 0.317 e. The first kappa shape index (κ1) is 15.6. The molecule has 1 fully saturated rings. The van der Waals surface area contributed by atoms with Gasteiger partial charge in [-0.2, -0.15) is 0 Å². The Balaban J connectivity index is 1.53. The van der Waals surface area contributed by atoms with E-state index in [-0.39, 0.29) is 6.03 Å². The van der Waals surface area contributed by atoms with E-state index in [2.05, 4.69) is 27.5 Å². The second kappa shape index (κ2) is 6.87. The number of carbonyl (C=O) groups is 1. The molecule has 0 spiro atoms. The molecule has 1 aromatic heterocycles. The lowest BCUT2D eigenvalue weighted by Crippen LogP contribution is -2.54. The monoisotopic (exact) mass is 317 g/mol. The molecule has 124 valence electrons. The fraction of sp³-hybridized carbons (Fsp3) is 0.500. The number of aromatic nitrogens is 2. The van der Waals surface area contributed by atoms with Gasteiger partial charge in [0.2, 0.25) is 0 Å². The number of hydrogen-bond acceptors (Lipinski definition) is 4. The molecular formula is C16H23N5O2. The average molecular weight is 317 g/mol. The first-order valence-electron chi connectivity index (χ1n) is 7.94. The van der Waals surface area contributed by atoms with E-state index < -0.39 is 0 Å².